The third-order valence-corrected chi connectivity index (χ3v) is 6.21. The molecular formula is C24H24N4O4S. The first kappa shape index (κ1) is 22.3. The summed E-state index contributed by atoms with van der Waals surface area (Å²) in [5, 5.41) is 5.12. The van der Waals surface area contributed by atoms with Crippen LogP contribution in [0.2, 0.25) is 0 Å². The van der Waals surface area contributed by atoms with Crippen molar-refractivity contribution in [2.24, 2.45) is 5.10 Å². The Hall–Kier alpha value is -3.85. The van der Waals surface area contributed by atoms with Gasteiger partial charge in [-0.25, -0.2) is 10.4 Å². The average Bonchev–Trinajstić information content (AvgIpc) is 3.46. The first-order valence-electron chi connectivity index (χ1n) is 10.1. The van der Waals surface area contributed by atoms with Crippen molar-refractivity contribution in [3.63, 3.8) is 0 Å². The Morgan fingerprint density at radius 1 is 1.09 bits per heavy atom. The van der Waals surface area contributed by atoms with E-state index in [0.717, 1.165) is 27.2 Å². The topological polar surface area (TPSA) is 87.0 Å². The normalized spacial score (nSPS) is 11.2. The highest BCUT2D eigenvalue weighted by molar-refractivity contribution is 7.21. The molecule has 0 unspecified atom stereocenters. The number of aryl methyl sites for hydroxylation is 2. The van der Waals surface area contributed by atoms with Gasteiger partial charge in [0.1, 0.15) is 9.71 Å². The van der Waals surface area contributed by atoms with Crippen molar-refractivity contribution in [2.75, 3.05) is 21.3 Å². The van der Waals surface area contributed by atoms with Crippen LogP contribution in [0.1, 0.15) is 26.5 Å². The Kier molecular flexibility index (Phi) is 6.32. The molecule has 4 rings (SSSR count). The van der Waals surface area contributed by atoms with Gasteiger partial charge in [0.25, 0.3) is 5.91 Å². The summed E-state index contributed by atoms with van der Waals surface area (Å²) >= 11 is 1.34. The second-order valence-corrected chi connectivity index (χ2v) is 8.25. The predicted molar refractivity (Wildman–Crippen MR) is 130 cm³/mol. The molecule has 0 aliphatic carbocycles. The van der Waals surface area contributed by atoms with Crippen molar-refractivity contribution in [2.45, 2.75) is 13.8 Å². The molecule has 9 heteroatoms. The SMILES string of the molecule is COc1ccc(/C=N\NC(=O)c2sc3nc(C)cc(C)c3c2-n2cccc2)c(OC)c1OC. The molecule has 0 aliphatic heterocycles. The number of thiophene rings is 1. The van der Waals surface area contributed by atoms with Gasteiger partial charge in [0.15, 0.2) is 11.5 Å². The van der Waals surface area contributed by atoms with Gasteiger partial charge < -0.3 is 18.8 Å². The van der Waals surface area contributed by atoms with Gasteiger partial charge in [0.05, 0.1) is 33.2 Å². The molecule has 33 heavy (non-hydrogen) atoms. The molecule has 0 atom stereocenters. The van der Waals surface area contributed by atoms with E-state index in [1.807, 2.05) is 49.0 Å². The van der Waals surface area contributed by atoms with Crippen LogP contribution in [0.15, 0.2) is 47.8 Å². The monoisotopic (exact) mass is 464 g/mol. The number of rotatable bonds is 7. The lowest BCUT2D eigenvalue weighted by molar-refractivity contribution is 0.0959. The number of carbonyl (C=O) groups excluding carboxylic acids is 1. The Balaban J connectivity index is 1.69. The van der Waals surface area contributed by atoms with Gasteiger partial charge in [-0.2, -0.15) is 5.10 Å². The van der Waals surface area contributed by atoms with Crippen LogP contribution in [0.5, 0.6) is 17.2 Å². The van der Waals surface area contributed by atoms with E-state index in [9.17, 15) is 4.79 Å². The van der Waals surface area contributed by atoms with Gasteiger partial charge in [-0.1, -0.05) is 0 Å². The highest BCUT2D eigenvalue weighted by Crippen LogP contribution is 2.39. The van der Waals surface area contributed by atoms with Crippen LogP contribution in [0.3, 0.4) is 0 Å². The maximum absolute atomic E-state index is 13.2. The molecule has 4 aromatic rings. The fourth-order valence-electron chi connectivity index (χ4n) is 3.74. The standard InChI is InChI=1S/C24H24N4O4S/c1-14-12-15(2)26-24-18(14)19(28-10-6-7-11-28)22(33-24)23(29)27-25-13-16-8-9-17(30-3)21(32-5)20(16)31-4/h6-13H,1-5H3,(H,27,29)/b25-13-. The second kappa shape index (κ2) is 9.33. The minimum absolute atomic E-state index is 0.325. The van der Waals surface area contributed by atoms with Gasteiger partial charge >= 0.3 is 0 Å². The zero-order chi connectivity index (χ0) is 23.5. The Labute approximate surface area is 195 Å². The number of ether oxygens (including phenoxy) is 3. The second-order valence-electron chi connectivity index (χ2n) is 7.25. The molecular weight excluding hydrogens is 440 g/mol. The average molecular weight is 465 g/mol. The minimum Gasteiger partial charge on any atom is -0.493 e. The number of nitrogens with zero attached hydrogens (tertiary/aromatic N) is 3. The van der Waals surface area contributed by atoms with Crippen molar-refractivity contribution < 1.29 is 19.0 Å². The van der Waals surface area contributed by atoms with Crippen molar-refractivity contribution in [3.05, 3.63) is 64.4 Å². The molecule has 0 bridgehead atoms. The van der Waals surface area contributed by atoms with Crippen molar-refractivity contribution in [1.82, 2.24) is 15.0 Å². The number of hydrogen-bond acceptors (Lipinski definition) is 7. The summed E-state index contributed by atoms with van der Waals surface area (Å²) in [4.78, 5) is 19.1. The number of hydrazone groups is 1. The maximum atomic E-state index is 13.2. The predicted octanol–water partition coefficient (Wildman–Crippen LogP) is 4.49. The molecule has 1 amide bonds. The zero-order valence-electron chi connectivity index (χ0n) is 19.0. The van der Waals surface area contributed by atoms with Crippen LogP contribution in [-0.2, 0) is 0 Å². The van der Waals surface area contributed by atoms with Crippen LogP contribution in [0.25, 0.3) is 15.9 Å². The number of nitrogens with one attached hydrogen (secondary N) is 1. The van der Waals surface area contributed by atoms with E-state index in [4.69, 9.17) is 14.2 Å². The lowest BCUT2D eigenvalue weighted by Gasteiger charge is -2.13. The molecule has 3 aromatic heterocycles. The number of fused-ring (bicyclic) bond motifs is 1. The molecule has 0 spiro atoms. The van der Waals surface area contributed by atoms with Crippen LogP contribution >= 0.6 is 11.3 Å². The maximum Gasteiger partial charge on any atom is 0.283 e. The fraction of sp³-hybridized carbons (Fsp3) is 0.208. The first-order chi connectivity index (χ1) is 16.0. The number of benzene rings is 1. The van der Waals surface area contributed by atoms with Gasteiger partial charge in [0, 0.05) is 29.0 Å². The number of carbonyl (C=O) groups is 1. The number of pyridine rings is 1. The van der Waals surface area contributed by atoms with Crippen LogP contribution in [0.4, 0.5) is 0 Å². The quantitative estimate of drug-likeness (QED) is 0.322. The summed E-state index contributed by atoms with van der Waals surface area (Å²) in [5.74, 6) is 1.12. The molecule has 1 N–H and O–H groups in total. The first-order valence-corrected chi connectivity index (χ1v) is 11.0. The lowest BCUT2D eigenvalue weighted by Crippen LogP contribution is -2.18. The summed E-state index contributed by atoms with van der Waals surface area (Å²) in [5.41, 5.74) is 6.03. The van der Waals surface area contributed by atoms with Gasteiger partial charge in [-0.3, -0.25) is 4.79 Å². The highest BCUT2D eigenvalue weighted by Gasteiger charge is 2.22. The lowest BCUT2D eigenvalue weighted by atomic mass is 10.1. The Morgan fingerprint density at radius 2 is 1.82 bits per heavy atom. The summed E-state index contributed by atoms with van der Waals surface area (Å²) in [7, 11) is 4.62. The van der Waals surface area contributed by atoms with Crippen molar-refractivity contribution >= 4 is 33.7 Å². The fourth-order valence-corrected chi connectivity index (χ4v) is 4.93. The molecule has 3 heterocycles. The van der Waals surface area contributed by atoms with E-state index >= 15 is 0 Å². The van der Waals surface area contributed by atoms with E-state index in [1.165, 1.54) is 31.8 Å². The minimum atomic E-state index is -0.325. The van der Waals surface area contributed by atoms with E-state index in [2.05, 4.69) is 15.5 Å². The molecule has 1 aromatic carbocycles. The summed E-state index contributed by atoms with van der Waals surface area (Å²) in [6, 6.07) is 9.38. The Morgan fingerprint density at radius 3 is 2.48 bits per heavy atom. The summed E-state index contributed by atoms with van der Waals surface area (Å²) < 4.78 is 18.1. The molecule has 0 aliphatic rings. The van der Waals surface area contributed by atoms with Crippen LogP contribution in [-0.4, -0.2) is 43.0 Å². The summed E-state index contributed by atoms with van der Waals surface area (Å²) in [6.45, 7) is 3.97. The summed E-state index contributed by atoms with van der Waals surface area (Å²) in [6.07, 6.45) is 5.33. The van der Waals surface area contributed by atoms with Gasteiger partial charge in [-0.15, -0.1) is 11.3 Å². The molecule has 0 radical (unpaired) electrons. The van der Waals surface area contributed by atoms with Crippen molar-refractivity contribution in [3.8, 4) is 22.9 Å². The molecule has 0 fully saturated rings. The van der Waals surface area contributed by atoms with Crippen molar-refractivity contribution in [1.29, 1.82) is 0 Å². The number of hydrogen-bond donors (Lipinski definition) is 1. The molecule has 170 valence electrons. The van der Waals surface area contributed by atoms with E-state index in [-0.39, 0.29) is 5.91 Å². The van der Waals surface area contributed by atoms with Gasteiger partial charge in [0.2, 0.25) is 5.75 Å². The third kappa shape index (κ3) is 4.14. The smallest absolute Gasteiger partial charge is 0.283 e. The van der Waals surface area contributed by atoms with Crippen LogP contribution in [0, 0.1) is 13.8 Å². The molecule has 0 saturated carbocycles. The van der Waals surface area contributed by atoms with Crippen LogP contribution < -0.4 is 19.6 Å². The molecule has 8 nitrogen and oxygen atoms in total. The van der Waals surface area contributed by atoms with E-state index in [0.29, 0.717) is 27.7 Å². The largest absolute Gasteiger partial charge is 0.493 e. The van der Waals surface area contributed by atoms with E-state index < -0.39 is 0 Å². The zero-order valence-corrected chi connectivity index (χ0v) is 19.8. The van der Waals surface area contributed by atoms with Gasteiger partial charge in [-0.05, 0) is 49.7 Å². The van der Waals surface area contributed by atoms with E-state index in [1.54, 1.807) is 19.2 Å². The Bertz CT molecular complexity index is 1340. The third-order valence-electron chi connectivity index (χ3n) is 5.14. The molecule has 0 saturated heterocycles. The highest BCUT2D eigenvalue weighted by atomic mass is 32.1. The number of aromatic nitrogens is 2. The number of amides is 1. The number of methoxy groups -OCH3 is 3.